The van der Waals surface area contributed by atoms with Gasteiger partial charge in [0.2, 0.25) is 11.5 Å². The third-order valence-electron chi connectivity index (χ3n) is 13.1. The van der Waals surface area contributed by atoms with Gasteiger partial charge in [-0.3, -0.25) is 14.5 Å². The number of ether oxygens (including phenoxy) is 1. The summed E-state index contributed by atoms with van der Waals surface area (Å²) in [6.07, 6.45) is 4.06. The predicted molar refractivity (Wildman–Crippen MR) is 256 cm³/mol. The molecule has 6 rings (SSSR count). The molecule has 14 heteroatoms. The summed E-state index contributed by atoms with van der Waals surface area (Å²) in [7, 11) is -2.21. The van der Waals surface area contributed by atoms with Crippen molar-refractivity contribution >= 4 is 43.0 Å². The van der Waals surface area contributed by atoms with E-state index >= 15 is 0 Å². The topological polar surface area (TPSA) is 182 Å². The minimum atomic E-state index is -2.21. The first-order valence-electron chi connectivity index (χ1n) is 22.9. The van der Waals surface area contributed by atoms with Crippen molar-refractivity contribution in [2.24, 2.45) is 5.92 Å². The summed E-state index contributed by atoms with van der Waals surface area (Å²) in [5.74, 6) is 0.442. The zero-order valence-corrected chi connectivity index (χ0v) is 39.9. The molecule has 6 N–H and O–H groups in total. The van der Waals surface area contributed by atoms with Gasteiger partial charge in [0.25, 0.3) is 0 Å². The number of phenolic OH excluding ortho intramolecular Hbond substituents is 1. The van der Waals surface area contributed by atoms with E-state index in [1.807, 2.05) is 75.4 Å². The summed E-state index contributed by atoms with van der Waals surface area (Å²) < 4.78 is 12.4. The molecule has 2 aliphatic carbocycles. The Kier molecular flexibility index (Phi) is 15.3. The largest absolute Gasteiger partial charge is 0.506 e. The van der Waals surface area contributed by atoms with Crippen LogP contribution in [0.2, 0.25) is 18.1 Å². The maximum absolute atomic E-state index is 13.1. The van der Waals surface area contributed by atoms with Crippen LogP contribution in [0.25, 0.3) is 22.0 Å². The second-order valence-electron chi connectivity index (χ2n) is 20.3. The summed E-state index contributed by atoms with van der Waals surface area (Å²) in [4.78, 5) is 55.0. The molecule has 13 nitrogen and oxygen atoms in total. The van der Waals surface area contributed by atoms with Crippen molar-refractivity contribution in [1.82, 2.24) is 20.9 Å². The molecule has 0 spiro atoms. The molecule has 0 bridgehead atoms. The van der Waals surface area contributed by atoms with Crippen LogP contribution in [0, 0.1) is 5.92 Å². The standard InChI is InChI=1S/C50H69N5O8Si/c1-49(2,3)62-47(59)53-35-18-20-37(21-19-35)55(48(60)61)41-29-32(17-22-38(41)34-14-10-9-11-15-34)13-12-16-44(57)52-36-27-33(28-36)30-51-31-43(63-64(7,8)50(4,5)6)39-23-25-42(56)46-40(39)24-26-45(58)54-46/h9-11,14-15,17,22-26,29,33,35-37,43,51,56H,12-13,16,18-21,27-28,30-31H2,1-8H3,(H,52,57)(H,53,59)(H,54,58)(H,60,61)/t33-,35-,36-,37-,43-/m0/s1. The molecule has 2 fully saturated rings. The highest BCUT2D eigenvalue weighted by Gasteiger charge is 2.40. The van der Waals surface area contributed by atoms with Gasteiger partial charge in [-0.1, -0.05) is 69.3 Å². The fourth-order valence-electron chi connectivity index (χ4n) is 8.68. The number of rotatable bonds is 16. The number of nitrogens with one attached hydrogen (secondary N) is 4. The van der Waals surface area contributed by atoms with E-state index < -0.39 is 26.1 Å². The number of carbonyl (C=O) groups is 3. The molecule has 1 atom stereocenters. The lowest BCUT2D eigenvalue weighted by molar-refractivity contribution is -0.122. The van der Waals surface area contributed by atoms with Gasteiger partial charge < -0.3 is 40.3 Å². The Labute approximate surface area is 378 Å². The summed E-state index contributed by atoms with van der Waals surface area (Å²) in [6.45, 7) is 17.9. The number of hydrogen-bond acceptors (Lipinski definition) is 8. The van der Waals surface area contributed by atoms with E-state index in [9.17, 15) is 29.4 Å². The molecule has 0 saturated heterocycles. The molecule has 64 heavy (non-hydrogen) atoms. The van der Waals surface area contributed by atoms with Crippen LogP contribution in [0.15, 0.2) is 77.6 Å². The van der Waals surface area contributed by atoms with Gasteiger partial charge in [0.05, 0.1) is 17.3 Å². The van der Waals surface area contributed by atoms with Crippen molar-refractivity contribution < 1.29 is 33.8 Å². The number of aryl methyl sites for hydroxylation is 1. The van der Waals surface area contributed by atoms with Gasteiger partial charge in [0.1, 0.15) is 11.4 Å². The first-order chi connectivity index (χ1) is 30.2. The van der Waals surface area contributed by atoms with Crippen LogP contribution in [0.3, 0.4) is 0 Å². The average molecular weight is 896 g/mol. The van der Waals surface area contributed by atoms with Gasteiger partial charge in [-0.25, -0.2) is 9.59 Å². The average Bonchev–Trinajstić information content (AvgIpc) is 3.19. The van der Waals surface area contributed by atoms with Gasteiger partial charge >= 0.3 is 12.2 Å². The van der Waals surface area contributed by atoms with Crippen LogP contribution < -0.4 is 26.4 Å². The van der Waals surface area contributed by atoms with E-state index in [-0.39, 0.29) is 46.5 Å². The van der Waals surface area contributed by atoms with Crippen LogP contribution in [0.4, 0.5) is 15.3 Å². The number of H-pyrrole nitrogens is 1. The fraction of sp³-hybridized carbons (Fsp3) is 0.520. The van der Waals surface area contributed by atoms with Crippen molar-refractivity contribution in [2.75, 3.05) is 18.0 Å². The van der Waals surface area contributed by atoms with Crippen LogP contribution in [0.5, 0.6) is 5.75 Å². The molecule has 3 amide bonds. The van der Waals surface area contributed by atoms with Gasteiger partial charge in [-0.05, 0) is 138 Å². The Morgan fingerprint density at radius 1 is 0.891 bits per heavy atom. The zero-order valence-electron chi connectivity index (χ0n) is 38.9. The van der Waals surface area contributed by atoms with Gasteiger partial charge in [-0.15, -0.1) is 0 Å². The number of alkyl carbamates (subject to hydrolysis) is 1. The number of aromatic hydroxyl groups is 1. The monoisotopic (exact) mass is 895 g/mol. The first-order valence-corrected chi connectivity index (χ1v) is 25.8. The molecule has 346 valence electrons. The molecule has 3 aromatic carbocycles. The second-order valence-corrected chi connectivity index (χ2v) is 25.0. The van der Waals surface area contributed by atoms with E-state index in [0.717, 1.165) is 47.0 Å². The van der Waals surface area contributed by atoms with Crippen LogP contribution >= 0.6 is 0 Å². The first kappa shape index (κ1) is 48.3. The number of phenols is 1. The highest BCUT2D eigenvalue weighted by molar-refractivity contribution is 6.74. The van der Waals surface area contributed by atoms with Crippen LogP contribution in [0.1, 0.15) is 110 Å². The zero-order chi connectivity index (χ0) is 46.4. The Morgan fingerprint density at radius 3 is 2.25 bits per heavy atom. The van der Waals surface area contributed by atoms with Crippen LogP contribution in [-0.2, 0) is 20.4 Å². The quantitative estimate of drug-likeness (QED) is 0.0597. The molecule has 2 aliphatic rings. The smallest absolute Gasteiger partial charge is 0.412 e. The molecule has 1 aromatic heterocycles. The molecular formula is C50H69N5O8Si. The Bertz CT molecular complexity index is 2310. The van der Waals surface area contributed by atoms with E-state index in [1.54, 1.807) is 12.1 Å². The number of fused-ring (bicyclic) bond motifs is 1. The summed E-state index contributed by atoms with van der Waals surface area (Å²) in [6, 6.07) is 22.3. The Morgan fingerprint density at radius 2 is 1.59 bits per heavy atom. The number of nitrogens with zero attached hydrogens (tertiary/aromatic N) is 1. The molecule has 2 saturated carbocycles. The van der Waals surface area contributed by atoms with E-state index in [4.69, 9.17) is 9.16 Å². The summed E-state index contributed by atoms with van der Waals surface area (Å²) in [5, 5.41) is 31.7. The normalized spacial score (nSPS) is 19.6. The van der Waals surface area contributed by atoms with Gasteiger partial charge in [0, 0.05) is 48.1 Å². The molecule has 4 aromatic rings. The minimum Gasteiger partial charge on any atom is -0.506 e. The maximum Gasteiger partial charge on any atom is 0.412 e. The number of pyridine rings is 1. The second kappa shape index (κ2) is 20.3. The predicted octanol–water partition coefficient (Wildman–Crippen LogP) is 9.79. The summed E-state index contributed by atoms with van der Waals surface area (Å²) in [5.41, 5.74) is 3.79. The number of amides is 3. The minimum absolute atomic E-state index is 0.0153. The fourth-order valence-corrected chi connectivity index (χ4v) is 9.96. The number of aromatic amines is 1. The van der Waals surface area contributed by atoms with Crippen LogP contribution in [-0.4, -0.2) is 78.4 Å². The van der Waals surface area contributed by atoms with Crippen molar-refractivity contribution in [3.05, 3.63) is 94.3 Å². The van der Waals surface area contributed by atoms with E-state index in [1.165, 1.54) is 11.0 Å². The molecule has 0 unspecified atom stereocenters. The lowest BCUT2D eigenvalue weighted by Crippen LogP contribution is -2.48. The Balaban J connectivity index is 1.01. The SMILES string of the molecule is CC(C)(C)OC(=O)N[C@H]1CC[C@H](N(C(=O)O)c2cc(CCCC(=O)N[C@H]3C[C@H](CNC[C@H](O[Si](C)(C)C(C)(C)C)c4ccc(O)c5[nH]c(=O)ccc45)C3)ccc2-c2ccccc2)CC1. The van der Waals surface area contributed by atoms with Crippen molar-refractivity contribution in [1.29, 1.82) is 0 Å². The number of carboxylic acid groups (broad SMARTS) is 1. The van der Waals surface area contributed by atoms with E-state index in [0.29, 0.717) is 68.6 Å². The lowest BCUT2D eigenvalue weighted by Gasteiger charge is -2.40. The Hall–Kier alpha value is -5.18. The van der Waals surface area contributed by atoms with Crippen molar-refractivity contribution in [3.63, 3.8) is 0 Å². The third kappa shape index (κ3) is 12.5. The number of anilines is 1. The number of carbonyl (C=O) groups excluding carboxylic acids is 2. The van der Waals surface area contributed by atoms with Gasteiger partial charge in [-0.2, -0.15) is 0 Å². The molecular weight excluding hydrogens is 827 g/mol. The highest BCUT2D eigenvalue weighted by atomic mass is 28.4. The molecule has 1 heterocycles. The summed E-state index contributed by atoms with van der Waals surface area (Å²) >= 11 is 0. The maximum atomic E-state index is 13.1. The number of aromatic nitrogens is 1. The van der Waals surface area contributed by atoms with Crippen molar-refractivity contribution in [3.8, 4) is 16.9 Å². The highest BCUT2D eigenvalue weighted by Crippen LogP contribution is 2.42. The lowest BCUT2D eigenvalue weighted by atomic mass is 9.80. The van der Waals surface area contributed by atoms with Crippen molar-refractivity contribution in [2.45, 2.75) is 147 Å². The molecule has 0 aliphatic heterocycles. The third-order valence-corrected chi connectivity index (χ3v) is 17.6. The van der Waals surface area contributed by atoms with Gasteiger partial charge in [0.15, 0.2) is 8.32 Å². The molecule has 0 radical (unpaired) electrons. The number of benzene rings is 3. The number of hydrogen-bond donors (Lipinski definition) is 6. The van der Waals surface area contributed by atoms with E-state index in [2.05, 4.69) is 54.8 Å².